The number of halogens is 3. The summed E-state index contributed by atoms with van der Waals surface area (Å²) in [6.07, 6.45) is 0.493. The van der Waals surface area contributed by atoms with Crippen LogP contribution < -0.4 is 5.32 Å². The molecule has 24 heavy (non-hydrogen) atoms. The number of carbonyl (C=O) groups excluding carboxylic acids is 1. The number of amides is 1. The quantitative estimate of drug-likeness (QED) is 0.331. The van der Waals surface area contributed by atoms with E-state index in [0.29, 0.717) is 23.6 Å². The van der Waals surface area contributed by atoms with Crippen LogP contribution in [0.1, 0.15) is 12.8 Å². The van der Waals surface area contributed by atoms with Gasteiger partial charge in [-0.3, -0.25) is 14.2 Å². The molecule has 4 N–H and O–H groups in total. The number of aliphatic carboxylic acids is 1. The molecule has 1 aromatic rings. The Balaban J connectivity index is 0.000000351. The van der Waals surface area contributed by atoms with E-state index in [4.69, 9.17) is 49.7 Å². The average molecular weight is 419 g/mol. The number of hydrogen-bond acceptors (Lipinski definition) is 3. The first-order valence-electron chi connectivity index (χ1n) is 6.62. The lowest BCUT2D eigenvalue weighted by Gasteiger charge is -2.11. The monoisotopic (exact) mass is 417 g/mol. The third-order valence-corrected chi connectivity index (χ3v) is 4.96. The molecule has 0 unspecified atom stereocenters. The fraction of sp³-hybridized carbons (Fsp3) is 0.385. The highest BCUT2D eigenvalue weighted by molar-refractivity contribution is 7.51. The minimum atomic E-state index is -3.80. The molecule has 1 saturated carbocycles. The van der Waals surface area contributed by atoms with Crippen molar-refractivity contribution in [1.29, 1.82) is 0 Å². The van der Waals surface area contributed by atoms with Crippen LogP contribution in [0.25, 0.3) is 0 Å². The molecule has 134 valence electrons. The van der Waals surface area contributed by atoms with Crippen molar-refractivity contribution in [2.24, 2.45) is 5.41 Å². The van der Waals surface area contributed by atoms with Crippen LogP contribution in [0.5, 0.6) is 0 Å². The Labute approximate surface area is 153 Å². The number of hydrogen-bond donors (Lipinski definition) is 4. The van der Waals surface area contributed by atoms with Crippen molar-refractivity contribution < 1.29 is 29.0 Å². The molecule has 0 heterocycles. The molecule has 0 atom stereocenters. The summed E-state index contributed by atoms with van der Waals surface area (Å²) in [5.74, 6) is -1.61. The second-order valence-corrected chi connectivity index (χ2v) is 8.04. The van der Waals surface area contributed by atoms with Crippen LogP contribution in [0, 0.1) is 5.41 Å². The Morgan fingerprint density at radius 1 is 1.25 bits per heavy atom. The van der Waals surface area contributed by atoms with E-state index in [-0.39, 0.29) is 17.1 Å². The van der Waals surface area contributed by atoms with Gasteiger partial charge in [0, 0.05) is 10.9 Å². The molecule has 0 spiro atoms. The molecule has 0 aromatic heterocycles. The number of carbonyl (C=O) groups is 2. The Hall–Kier alpha value is -0.820. The van der Waals surface area contributed by atoms with E-state index < -0.39 is 24.9 Å². The van der Waals surface area contributed by atoms with Gasteiger partial charge in [-0.05, 0) is 31.0 Å². The maximum absolute atomic E-state index is 11.8. The summed E-state index contributed by atoms with van der Waals surface area (Å²) < 4.78 is 9.84. The molecule has 0 aliphatic heterocycles. The summed E-state index contributed by atoms with van der Waals surface area (Å²) >= 11 is 16.6. The third-order valence-electron chi connectivity index (χ3n) is 3.15. The van der Waals surface area contributed by atoms with Gasteiger partial charge in [0.1, 0.15) is 5.41 Å². The van der Waals surface area contributed by atoms with E-state index in [1.165, 1.54) is 6.07 Å². The van der Waals surface area contributed by atoms with Gasteiger partial charge in [0.15, 0.2) is 0 Å². The Morgan fingerprint density at radius 2 is 1.83 bits per heavy atom. The molecule has 1 aromatic carbocycles. The summed E-state index contributed by atoms with van der Waals surface area (Å²) in [5.41, 5.74) is -0.906. The van der Waals surface area contributed by atoms with E-state index >= 15 is 0 Å². The van der Waals surface area contributed by atoms with E-state index in [0.717, 1.165) is 0 Å². The minimum absolute atomic E-state index is 0.0181. The molecule has 1 fully saturated rings. The number of carboxylic acid groups (broad SMARTS) is 1. The fourth-order valence-electron chi connectivity index (χ4n) is 1.61. The zero-order valence-electron chi connectivity index (χ0n) is 12.2. The number of alkyl halides is 1. The second-order valence-electron chi connectivity index (χ2n) is 5.04. The SMILES string of the molecule is O=C(O)C1(C(=O)Nc2ccc(Cl)cc2Cl)CC1.O=P(O)(O)CCCl. The minimum Gasteiger partial charge on any atom is -0.480 e. The number of rotatable bonds is 5. The van der Waals surface area contributed by atoms with Crippen molar-refractivity contribution in [3.05, 3.63) is 28.2 Å². The van der Waals surface area contributed by atoms with Crippen LogP contribution in [-0.2, 0) is 14.2 Å². The summed E-state index contributed by atoms with van der Waals surface area (Å²) in [5, 5.41) is 12.2. The lowest BCUT2D eigenvalue weighted by molar-refractivity contribution is -0.147. The molecule has 11 heteroatoms. The first kappa shape index (κ1) is 21.2. The van der Waals surface area contributed by atoms with Crippen LogP contribution in [0.3, 0.4) is 0 Å². The lowest BCUT2D eigenvalue weighted by atomic mass is 10.1. The highest BCUT2D eigenvalue weighted by Gasteiger charge is 2.57. The van der Waals surface area contributed by atoms with Crippen LogP contribution >= 0.6 is 42.4 Å². The van der Waals surface area contributed by atoms with Crippen LogP contribution in [-0.4, -0.2) is 38.8 Å². The number of nitrogens with one attached hydrogen (secondary N) is 1. The standard InChI is InChI=1S/C11H9Cl2NO3.C2H6ClO3P/c12-6-1-2-8(7(13)5-6)14-9(15)11(3-4-11)10(16)17;3-1-2-7(4,5)6/h1-2,5H,3-4H2,(H,14,15)(H,16,17);1-2H2,(H2,4,5,6). The normalized spacial score (nSPS) is 15.0. The molecule has 0 bridgehead atoms. The largest absolute Gasteiger partial charge is 0.480 e. The molecular weight excluding hydrogens is 403 g/mol. The lowest BCUT2D eigenvalue weighted by Crippen LogP contribution is -2.31. The average Bonchev–Trinajstić information content (AvgIpc) is 3.22. The molecular formula is C13H15Cl3NO6P. The topological polar surface area (TPSA) is 124 Å². The third kappa shape index (κ3) is 6.24. The maximum Gasteiger partial charge on any atom is 0.326 e. The number of anilines is 1. The zero-order valence-corrected chi connectivity index (χ0v) is 15.4. The molecule has 2 rings (SSSR count). The molecule has 1 aliphatic carbocycles. The van der Waals surface area contributed by atoms with Gasteiger partial charge in [-0.1, -0.05) is 23.2 Å². The molecule has 0 radical (unpaired) electrons. The number of benzene rings is 1. The predicted octanol–water partition coefficient (Wildman–Crippen LogP) is 3.20. The number of carboxylic acids is 1. The smallest absolute Gasteiger partial charge is 0.326 e. The van der Waals surface area contributed by atoms with Gasteiger partial charge in [0.25, 0.3) is 0 Å². The van der Waals surface area contributed by atoms with E-state index in [9.17, 15) is 14.2 Å². The Morgan fingerprint density at radius 3 is 2.17 bits per heavy atom. The second kappa shape index (κ2) is 8.52. The van der Waals surface area contributed by atoms with Crippen LogP contribution in [0.4, 0.5) is 5.69 Å². The molecule has 1 amide bonds. The van der Waals surface area contributed by atoms with Gasteiger partial charge in [-0.15, -0.1) is 11.6 Å². The van der Waals surface area contributed by atoms with E-state index in [1.54, 1.807) is 12.1 Å². The summed E-state index contributed by atoms with van der Waals surface area (Å²) in [7, 11) is -3.80. The van der Waals surface area contributed by atoms with Gasteiger partial charge < -0.3 is 20.2 Å². The maximum atomic E-state index is 11.8. The van der Waals surface area contributed by atoms with Crippen molar-refractivity contribution >= 4 is 60.0 Å². The summed E-state index contributed by atoms with van der Waals surface area (Å²) in [6, 6.07) is 4.60. The van der Waals surface area contributed by atoms with Gasteiger partial charge >= 0.3 is 13.6 Å². The van der Waals surface area contributed by atoms with Crippen LogP contribution in [0.2, 0.25) is 10.0 Å². The molecule has 7 nitrogen and oxygen atoms in total. The Kier molecular flexibility index (Phi) is 7.53. The molecule has 1 aliphatic rings. The van der Waals surface area contributed by atoms with Crippen molar-refractivity contribution in [2.75, 3.05) is 17.4 Å². The van der Waals surface area contributed by atoms with Crippen LogP contribution in [0.15, 0.2) is 18.2 Å². The van der Waals surface area contributed by atoms with Crippen molar-refractivity contribution in [2.45, 2.75) is 12.8 Å². The zero-order chi connectivity index (χ0) is 18.5. The summed E-state index contributed by atoms with van der Waals surface area (Å²) in [4.78, 5) is 38.8. The predicted molar refractivity (Wildman–Crippen MR) is 92.0 cm³/mol. The van der Waals surface area contributed by atoms with E-state index in [2.05, 4.69) is 5.32 Å². The fourth-order valence-corrected chi connectivity index (χ4v) is 2.94. The van der Waals surface area contributed by atoms with Gasteiger partial charge in [0.2, 0.25) is 5.91 Å². The van der Waals surface area contributed by atoms with Crippen molar-refractivity contribution in [3.8, 4) is 0 Å². The van der Waals surface area contributed by atoms with E-state index in [1.807, 2.05) is 0 Å². The van der Waals surface area contributed by atoms with Gasteiger partial charge in [-0.25, -0.2) is 0 Å². The first-order valence-corrected chi connectivity index (χ1v) is 9.71. The summed E-state index contributed by atoms with van der Waals surface area (Å²) in [6.45, 7) is 0. The van der Waals surface area contributed by atoms with Crippen molar-refractivity contribution in [3.63, 3.8) is 0 Å². The van der Waals surface area contributed by atoms with Gasteiger partial charge in [0.05, 0.1) is 16.9 Å². The molecule has 0 saturated heterocycles. The Bertz CT molecular complexity index is 674. The highest BCUT2D eigenvalue weighted by atomic mass is 35.5. The van der Waals surface area contributed by atoms with Crippen molar-refractivity contribution in [1.82, 2.24) is 0 Å². The highest BCUT2D eigenvalue weighted by Crippen LogP contribution is 2.47. The van der Waals surface area contributed by atoms with Gasteiger partial charge in [-0.2, -0.15) is 0 Å². The first-order chi connectivity index (χ1) is 11.0.